The molecule has 2 aliphatic rings. The molecular weight excluding hydrogens is 649 g/mol. The number of methoxy groups -OCH3 is 1. The number of aliphatic hydroxyl groups excluding tert-OH is 1. The lowest BCUT2D eigenvalue weighted by Crippen LogP contribution is -2.39. The van der Waals surface area contributed by atoms with E-state index in [1.165, 1.54) is 10.9 Å². The number of phosphoric ester groups is 2. The third-order valence-corrected chi connectivity index (χ3v) is 9.48. The zero-order valence-electron chi connectivity index (χ0n) is 23.1. The molecule has 1 aliphatic heterocycles. The number of aliphatic hydroxyl groups is 1. The Labute approximate surface area is 250 Å². The number of halogens is 1. The van der Waals surface area contributed by atoms with E-state index < -0.39 is 77.1 Å². The van der Waals surface area contributed by atoms with Crippen molar-refractivity contribution < 1.29 is 51.2 Å². The lowest BCUT2D eigenvalue weighted by atomic mass is 10.1. The maximum absolute atomic E-state index is 16.1. The number of aromatic nitrogens is 8. The summed E-state index contributed by atoms with van der Waals surface area (Å²) >= 11 is 0. The van der Waals surface area contributed by atoms with Gasteiger partial charge in [-0.15, -0.1) is 0 Å². The number of nitrogen functional groups attached to an aromatic ring is 2. The Kier molecular flexibility index (Phi) is 8.23. The van der Waals surface area contributed by atoms with Crippen molar-refractivity contribution in [2.45, 2.75) is 43.2 Å². The first-order chi connectivity index (χ1) is 21.3. The maximum Gasteiger partial charge on any atom is 0.472 e. The second-order valence-corrected chi connectivity index (χ2v) is 13.0. The van der Waals surface area contributed by atoms with E-state index in [2.05, 4.69) is 29.9 Å². The Bertz CT molecular complexity index is 1890. The predicted molar refractivity (Wildman–Crippen MR) is 148 cm³/mol. The quantitative estimate of drug-likeness (QED) is 0.149. The Morgan fingerprint density at radius 1 is 1.07 bits per heavy atom. The minimum atomic E-state index is -5.15. The number of fused-ring (bicyclic) bond motifs is 4. The first-order valence-corrected chi connectivity index (χ1v) is 16.1. The number of alkyl halides is 1. The van der Waals surface area contributed by atoms with Crippen LogP contribution in [-0.2, 0) is 32.0 Å². The van der Waals surface area contributed by atoms with E-state index in [-0.39, 0.29) is 40.5 Å². The number of rotatable bonds is 4. The number of imidazole rings is 2. The highest BCUT2D eigenvalue weighted by molar-refractivity contribution is 7.47. The fraction of sp³-hybridized carbons (Fsp3) is 0.524. The molecule has 0 aromatic carbocycles. The smallest absolute Gasteiger partial charge is 0.390 e. The van der Waals surface area contributed by atoms with Gasteiger partial charge in [0.05, 0.1) is 38.0 Å². The molecule has 0 amide bonds. The average molecular weight is 676 g/mol. The van der Waals surface area contributed by atoms with Crippen molar-refractivity contribution in [3.63, 3.8) is 0 Å². The highest BCUT2D eigenvalue weighted by Gasteiger charge is 2.50. The van der Waals surface area contributed by atoms with E-state index in [4.69, 9.17) is 34.3 Å². The van der Waals surface area contributed by atoms with Crippen LogP contribution in [0.3, 0.4) is 0 Å². The molecule has 45 heavy (non-hydrogen) atoms. The minimum absolute atomic E-state index is 0.0232. The highest BCUT2D eigenvalue weighted by atomic mass is 31.2. The second-order valence-electron chi connectivity index (χ2n) is 10.2. The van der Waals surface area contributed by atoms with Crippen molar-refractivity contribution in [3.8, 4) is 0 Å². The SMILES string of the molecule is CO[C@@H]1COP(=O)(O)O[C@@H]2[C@H](O)[C@@H](COP(=O)(O)O[C@H]1[C@@H](F)n1cnc3c(N)ncnc31)C[C@H]2n1cnc2c(=O)[nH]c(N)nc21. The van der Waals surface area contributed by atoms with Gasteiger partial charge >= 0.3 is 15.6 Å². The van der Waals surface area contributed by atoms with Gasteiger partial charge in [-0.3, -0.25) is 32.4 Å². The lowest BCUT2D eigenvalue weighted by molar-refractivity contribution is -0.0880. The Morgan fingerprint density at radius 3 is 2.53 bits per heavy atom. The molecular formula is C21H27FN10O11P2. The van der Waals surface area contributed by atoms with Gasteiger partial charge in [0, 0.05) is 13.0 Å². The van der Waals surface area contributed by atoms with E-state index in [1.54, 1.807) is 0 Å². The van der Waals surface area contributed by atoms with Crippen LogP contribution < -0.4 is 17.0 Å². The van der Waals surface area contributed by atoms with Crippen LogP contribution in [0.2, 0.25) is 0 Å². The van der Waals surface area contributed by atoms with Crippen LogP contribution in [0.5, 0.6) is 0 Å². The summed E-state index contributed by atoms with van der Waals surface area (Å²) < 4.78 is 70.8. The Hall–Kier alpha value is -3.43. The van der Waals surface area contributed by atoms with E-state index >= 15 is 4.39 Å². The monoisotopic (exact) mass is 676 g/mol. The van der Waals surface area contributed by atoms with Crippen LogP contribution in [0.4, 0.5) is 16.2 Å². The molecule has 2 unspecified atom stereocenters. The number of ether oxygens (including phenoxy) is 1. The summed E-state index contributed by atoms with van der Waals surface area (Å²) in [5.74, 6) is -1.34. The molecule has 6 rings (SSSR count). The second kappa shape index (κ2) is 11.7. The fourth-order valence-electron chi connectivity index (χ4n) is 5.36. The average Bonchev–Trinajstić information content (AvgIpc) is 3.67. The normalized spacial score (nSPS) is 33.9. The minimum Gasteiger partial charge on any atom is -0.390 e. The summed E-state index contributed by atoms with van der Waals surface area (Å²) in [6.45, 7) is -1.58. The third kappa shape index (κ3) is 5.97. The largest absolute Gasteiger partial charge is 0.472 e. The number of H-pyrrole nitrogens is 1. The standard InChI is InChI=1S/C21H27FN10O11P2/c1-39-10-4-41-45(37,38)42-14-9(31-6-28-12-19(31)29-21(24)30-20(12)34)2-8(13(14)33)3-40-44(35,36)43-15(10)16(22)32-7-27-11-17(23)25-5-26-18(11)32/h5-10,13-16,33H,2-4H2,1H3,(H,35,36)(H,37,38)(H2,23,25,26)(H3,24,29,30,34)/t8-,9-,10-,13-,14+,15-,16+/m1/s1. The van der Waals surface area contributed by atoms with E-state index in [1.807, 2.05) is 0 Å². The Balaban J connectivity index is 1.34. The summed E-state index contributed by atoms with van der Waals surface area (Å²) in [5, 5.41) is 11.1. The molecule has 2 fully saturated rings. The van der Waals surface area contributed by atoms with Crippen molar-refractivity contribution in [3.05, 3.63) is 29.3 Å². The molecule has 4 aromatic rings. The summed E-state index contributed by atoms with van der Waals surface area (Å²) in [6, 6.07) is -1.02. The number of aromatic amines is 1. The topological polar surface area (TPSA) is 300 Å². The number of nitrogens with one attached hydrogen (secondary N) is 1. The van der Waals surface area contributed by atoms with Crippen molar-refractivity contribution in [1.82, 2.24) is 39.0 Å². The number of anilines is 2. The van der Waals surface area contributed by atoms with Crippen molar-refractivity contribution >= 4 is 49.7 Å². The molecule has 0 spiro atoms. The predicted octanol–water partition coefficient (Wildman–Crippen LogP) is -0.453. The molecule has 24 heteroatoms. The molecule has 5 heterocycles. The summed E-state index contributed by atoms with van der Waals surface area (Å²) in [6.07, 6.45) is -6.02. The molecule has 2 bridgehead atoms. The van der Waals surface area contributed by atoms with Crippen molar-refractivity contribution in [2.24, 2.45) is 5.92 Å². The van der Waals surface area contributed by atoms with Gasteiger partial charge in [-0.1, -0.05) is 0 Å². The number of nitrogens with zero attached hydrogens (tertiary/aromatic N) is 7. The van der Waals surface area contributed by atoms with Gasteiger partial charge < -0.3 is 35.7 Å². The van der Waals surface area contributed by atoms with Gasteiger partial charge in [-0.2, -0.15) is 4.98 Å². The molecule has 1 aliphatic carbocycles. The van der Waals surface area contributed by atoms with Crippen LogP contribution in [0.15, 0.2) is 23.8 Å². The van der Waals surface area contributed by atoms with Gasteiger partial charge in [0.15, 0.2) is 22.6 Å². The van der Waals surface area contributed by atoms with Gasteiger partial charge in [0.2, 0.25) is 12.2 Å². The first-order valence-electron chi connectivity index (χ1n) is 13.1. The van der Waals surface area contributed by atoms with E-state index in [0.717, 1.165) is 24.3 Å². The Morgan fingerprint density at radius 2 is 1.78 bits per heavy atom. The van der Waals surface area contributed by atoms with Crippen LogP contribution in [0.25, 0.3) is 22.3 Å². The number of nitrogens with two attached hydrogens (primary N) is 2. The van der Waals surface area contributed by atoms with Gasteiger partial charge in [-0.05, 0) is 6.42 Å². The van der Waals surface area contributed by atoms with Gasteiger partial charge in [0.1, 0.15) is 30.2 Å². The van der Waals surface area contributed by atoms with Gasteiger partial charge in [0.25, 0.3) is 5.56 Å². The van der Waals surface area contributed by atoms with E-state index in [9.17, 15) is 28.8 Å². The molecule has 21 nitrogen and oxygen atoms in total. The van der Waals surface area contributed by atoms with Crippen LogP contribution >= 0.6 is 15.6 Å². The van der Waals surface area contributed by atoms with Crippen LogP contribution in [0.1, 0.15) is 18.8 Å². The third-order valence-electron chi connectivity index (χ3n) is 7.51. The summed E-state index contributed by atoms with van der Waals surface area (Å²) in [5.41, 5.74) is 10.6. The number of phosphoric acid groups is 2. The van der Waals surface area contributed by atoms with Gasteiger partial charge in [-0.25, -0.2) is 33.5 Å². The molecule has 4 aromatic heterocycles. The highest BCUT2D eigenvalue weighted by Crippen LogP contribution is 2.54. The fourth-order valence-corrected chi connectivity index (χ4v) is 7.32. The van der Waals surface area contributed by atoms with Crippen LogP contribution in [-0.4, -0.2) is 98.7 Å². The molecule has 1 saturated heterocycles. The zero-order chi connectivity index (χ0) is 32.3. The van der Waals surface area contributed by atoms with E-state index in [0.29, 0.717) is 0 Å². The molecule has 0 radical (unpaired) electrons. The molecule has 8 N–H and O–H groups in total. The number of hydrogen-bond acceptors (Lipinski definition) is 16. The summed E-state index contributed by atoms with van der Waals surface area (Å²) in [4.78, 5) is 55.7. The zero-order valence-corrected chi connectivity index (χ0v) is 24.8. The molecule has 9 atom stereocenters. The number of hydrogen-bond donors (Lipinski definition) is 6. The molecule has 1 saturated carbocycles. The lowest BCUT2D eigenvalue weighted by Gasteiger charge is -2.31. The van der Waals surface area contributed by atoms with Crippen LogP contribution in [0, 0.1) is 5.92 Å². The first kappa shape index (κ1) is 31.5. The maximum atomic E-state index is 16.1. The molecule has 244 valence electrons. The summed E-state index contributed by atoms with van der Waals surface area (Å²) in [7, 11) is -9.17. The van der Waals surface area contributed by atoms with Crippen molar-refractivity contribution in [2.75, 3.05) is 31.8 Å². The van der Waals surface area contributed by atoms with Crippen molar-refractivity contribution in [1.29, 1.82) is 0 Å².